The van der Waals surface area contributed by atoms with Gasteiger partial charge in [-0.05, 0) is 18.1 Å². The van der Waals surface area contributed by atoms with E-state index in [9.17, 15) is 19.7 Å². The van der Waals surface area contributed by atoms with Gasteiger partial charge in [0.2, 0.25) is 11.8 Å². The molecule has 0 aliphatic carbocycles. The molecule has 0 aromatic heterocycles. The molecule has 134 valence electrons. The molecule has 0 bridgehead atoms. The summed E-state index contributed by atoms with van der Waals surface area (Å²) in [6, 6.07) is 5.70. The third-order valence-corrected chi connectivity index (χ3v) is 4.70. The van der Waals surface area contributed by atoms with E-state index >= 15 is 0 Å². The molecule has 0 spiro atoms. The standard InChI is InChI=1S/C17H21N3O4S/c1-12(2)9-18-17(22)15-10-25-11-19(15)16(21)8-7-13-5-3-4-6-14(13)20(23)24/h3-8,12,15H,9-11H2,1-2H3,(H,18,22)/b8-7+. The topological polar surface area (TPSA) is 92.6 Å². The third-order valence-electron chi connectivity index (χ3n) is 3.69. The first-order valence-corrected chi connectivity index (χ1v) is 9.13. The van der Waals surface area contributed by atoms with Gasteiger partial charge in [-0.15, -0.1) is 11.8 Å². The summed E-state index contributed by atoms with van der Waals surface area (Å²) in [5.41, 5.74) is 0.294. The van der Waals surface area contributed by atoms with E-state index in [1.54, 1.807) is 18.2 Å². The first kappa shape index (κ1) is 19.0. The first-order chi connectivity index (χ1) is 11.9. The number of nitrogens with one attached hydrogen (secondary N) is 1. The van der Waals surface area contributed by atoms with Gasteiger partial charge >= 0.3 is 0 Å². The zero-order valence-electron chi connectivity index (χ0n) is 14.2. The number of nitro groups is 1. The maximum Gasteiger partial charge on any atom is 0.276 e. The molecule has 1 aromatic rings. The number of hydrogen-bond acceptors (Lipinski definition) is 5. The molecule has 7 nitrogen and oxygen atoms in total. The molecule has 1 aliphatic heterocycles. The summed E-state index contributed by atoms with van der Waals surface area (Å²) in [7, 11) is 0. The number of rotatable bonds is 6. The molecule has 1 fully saturated rings. The van der Waals surface area contributed by atoms with E-state index in [1.807, 2.05) is 13.8 Å². The lowest BCUT2D eigenvalue weighted by Crippen LogP contribution is -2.47. The maximum atomic E-state index is 12.4. The predicted molar refractivity (Wildman–Crippen MR) is 97.9 cm³/mol. The SMILES string of the molecule is CC(C)CNC(=O)C1CSCN1C(=O)/C=C/c1ccccc1[N+](=O)[O-]. The van der Waals surface area contributed by atoms with E-state index in [2.05, 4.69) is 5.32 Å². The average Bonchev–Trinajstić information content (AvgIpc) is 3.07. The monoisotopic (exact) mass is 363 g/mol. The van der Waals surface area contributed by atoms with Gasteiger partial charge in [0.15, 0.2) is 0 Å². The Balaban J connectivity index is 2.07. The van der Waals surface area contributed by atoms with Gasteiger partial charge in [-0.25, -0.2) is 0 Å². The molecule has 1 aromatic carbocycles. The van der Waals surface area contributed by atoms with Crippen molar-refractivity contribution < 1.29 is 14.5 Å². The van der Waals surface area contributed by atoms with Crippen LogP contribution in [0.3, 0.4) is 0 Å². The van der Waals surface area contributed by atoms with Crippen LogP contribution in [0.5, 0.6) is 0 Å². The molecule has 0 saturated carbocycles. The zero-order chi connectivity index (χ0) is 18.4. The van der Waals surface area contributed by atoms with Gasteiger partial charge in [0.05, 0.1) is 16.4 Å². The quantitative estimate of drug-likeness (QED) is 0.475. The molecule has 2 rings (SSSR count). The van der Waals surface area contributed by atoms with E-state index in [0.717, 1.165) is 0 Å². The van der Waals surface area contributed by atoms with Crippen LogP contribution >= 0.6 is 11.8 Å². The van der Waals surface area contributed by atoms with Crippen molar-refractivity contribution in [2.45, 2.75) is 19.9 Å². The van der Waals surface area contributed by atoms with Crippen LogP contribution in [-0.4, -0.2) is 45.9 Å². The number of carbonyl (C=O) groups excluding carboxylic acids is 2. The van der Waals surface area contributed by atoms with Crippen molar-refractivity contribution in [1.29, 1.82) is 0 Å². The molecule has 25 heavy (non-hydrogen) atoms. The van der Waals surface area contributed by atoms with E-state index in [0.29, 0.717) is 29.7 Å². The van der Waals surface area contributed by atoms with Gasteiger partial charge in [-0.3, -0.25) is 19.7 Å². The predicted octanol–water partition coefficient (Wildman–Crippen LogP) is 2.28. The number of nitrogens with zero attached hydrogens (tertiary/aromatic N) is 2. The fourth-order valence-corrected chi connectivity index (χ4v) is 3.52. The lowest BCUT2D eigenvalue weighted by Gasteiger charge is -2.22. The fourth-order valence-electron chi connectivity index (χ4n) is 2.35. The molecule has 1 heterocycles. The van der Waals surface area contributed by atoms with Gasteiger partial charge < -0.3 is 10.2 Å². The third kappa shape index (κ3) is 5.06. The van der Waals surface area contributed by atoms with Crippen molar-refractivity contribution in [3.05, 3.63) is 46.0 Å². The first-order valence-electron chi connectivity index (χ1n) is 7.97. The largest absolute Gasteiger partial charge is 0.354 e. The van der Waals surface area contributed by atoms with Crippen LogP contribution in [0.2, 0.25) is 0 Å². The summed E-state index contributed by atoms with van der Waals surface area (Å²) in [5, 5.41) is 13.9. The van der Waals surface area contributed by atoms with Crippen LogP contribution < -0.4 is 5.32 Å². The molecule has 1 unspecified atom stereocenters. The van der Waals surface area contributed by atoms with Crippen LogP contribution in [0.25, 0.3) is 6.08 Å². The van der Waals surface area contributed by atoms with Crippen LogP contribution in [0, 0.1) is 16.0 Å². The number of carbonyl (C=O) groups is 2. The molecule has 2 amide bonds. The highest BCUT2D eigenvalue weighted by Gasteiger charge is 2.33. The number of nitro benzene ring substituents is 1. The minimum Gasteiger partial charge on any atom is -0.354 e. The highest BCUT2D eigenvalue weighted by Crippen LogP contribution is 2.23. The van der Waals surface area contributed by atoms with Crippen LogP contribution in [-0.2, 0) is 9.59 Å². The molecule has 1 saturated heterocycles. The minimum absolute atomic E-state index is 0.0615. The number of para-hydroxylation sites is 1. The van der Waals surface area contributed by atoms with Crippen molar-refractivity contribution in [3.63, 3.8) is 0 Å². The van der Waals surface area contributed by atoms with Gasteiger partial charge in [-0.2, -0.15) is 0 Å². The number of thioether (sulfide) groups is 1. The highest BCUT2D eigenvalue weighted by atomic mass is 32.2. The van der Waals surface area contributed by atoms with E-state index in [1.165, 1.54) is 34.9 Å². The maximum absolute atomic E-state index is 12.4. The minimum atomic E-state index is -0.508. The molecule has 0 radical (unpaired) electrons. The van der Waals surface area contributed by atoms with E-state index in [4.69, 9.17) is 0 Å². The fraction of sp³-hybridized carbons (Fsp3) is 0.412. The van der Waals surface area contributed by atoms with Gasteiger partial charge in [0.1, 0.15) is 6.04 Å². The van der Waals surface area contributed by atoms with Crippen LogP contribution in [0.1, 0.15) is 19.4 Å². The Labute approximate surface area is 150 Å². The Morgan fingerprint density at radius 2 is 2.16 bits per heavy atom. The lowest BCUT2D eigenvalue weighted by atomic mass is 10.1. The van der Waals surface area contributed by atoms with Crippen molar-refractivity contribution in [2.24, 2.45) is 5.92 Å². The van der Waals surface area contributed by atoms with E-state index < -0.39 is 11.0 Å². The highest BCUT2D eigenvalue weighted by molar-refractivity contribution is 7.99. The molecular formula is C17H21N3O4S. The number of benzene rings is 1. The summed E-state index contributed by atoms with van der Waals surface area (Å²) in [4.78, 5) is 36.7. The zero-order valence-corrected chi connectivity index (χ0v) is 15.0. The Kier molecular flexibility index (Phi) is 6.58. The normalized spacial score (nSPS) is 17.2. The van der Waals surface area contributed by atoms with Gasteiger partial charge in [0.25, 0.3) is 5.69 Å². The summed E-state index contributed by atoms with van der Waals surface area (Å²) in [6.07, 6.45) is 2.71. The smallest absolute Gasteiger partial charge is 0.276 e. The number of amides is 2. The summed E-state index contributed by atoms with van der Waals surface area (Å²) in [6.45, 7) is 4.57. The van der Waals surface area contributed by atoms with Gasteiger partial charge in [0, 0.05) is 24.4 Å². The summed E-state index contributed by atoms with van der Waals surface area (Å²) in [5.74, 6) is 0.828. The van der Waals surface area contributed by atoms with Crippen LogP contribution in [0.4, 0.5) is 5.69 Å². The summed E-state index contributed by atoms with van der Waals surface area (Å²) >= 11 is 1.51. The van der Waals surface area contributed by atoms with Crippen molar-refractivity contribution in [1.82, 2.24) is 10.2 Å². The van der Waals surface area contributed by atoms with Gasteiger partial charge in [-0.1, -0.05) is 26.0 Å². The second-order valence-corrected chi connectivity index (χ2v) is 7.11. The lowest BCUT2D eigenvalue weighted by molar-refractivity contribution is -0.385. The molecule has 1 N–H and O–H groups in total. The molecular weight excluding hydrogens is 342 g/mol. The molecule has 8 heteroatoms. The average molecular weight is 363 g/mol. The van der Waals surface area contributed by atoms with E-state index in [-0.39, 0.29) is 17.5 Å². The van der Waals surface area contributed by atoms with Crippen molar-refractivity contribution in [2.75, 3.05) is 18.2 Å². The Morgan fingerprint density at radius 3 is 2.84 bits per heavy atom. The second kappa shape index (κ2) is 8.66. The molecule has 1 atom stereocenters. The Morgan fingerprint density at radius 1 is 1.44 bits per heavy atom. The van der Waals surface area contributed by atoms with Crippen molar-refractivity contribution in [3.8, 4) is 0 Å². The second-order valence-electron chi connectivity index (χ2n) is 6.11. The summed E-state index contributed by atoms with van der Waals surface area (Å²) < 4.78 is 0. The Bertz CT molecular complexity index is 690. The Hall–Kier alpha value is -2.35. The number of hydrogen-bond donors (Lipinski definition) is 1. The van der Waals surface area contributed by atoms with Crippen molar-refractivity contribution >= 4 is 35.3 Å². The molecule has 1 aliphatic rings. The van der Waals surface area contributed by atoms with Crippen LogP contribution in [0.15, 0.2) is 30.3 Å².